The van der Waals surface area contributed by atoms with E-state index < -0.39 is 0 Å². The van der Waals surface area contributed by atoms with E-state index in [4.69, 9.17) is 4.74 Å². The van der Waals surface area contributed by atoms with Crippen molar-refractivity contribution in [2.45, 2.75) is 37.6 Å². The van der Waals surface area contributed by atoms with Crippen molar-refractivity contribution in [3.8, 4) is 11.4 Å². The normalized spacial score (nSPS) is 16.6. The minimum atomic E-state index is -0.291. The summed E-state index contributed by atoms with van der Waals surface area (Å²) in [6, 6.07) is 10.0. The van der Waals surface area contributed by atoms with Gasteiger partial charge in [0.2, 0.25) is 0 Å². The molecule has 0 saturated carbocycles. The first-order valence-corrected chi connectivity index (χ1v) is 10.9. The SMILES string of the molecule is Cc1ccc(C(=O)CSc2nnc(-c3ccc(F)cc3)n2C[C@H]2CCCO2)s1. The number of aromatic nitrogens is 3. The van der Waals surface area contributed by atoms with Crippen LogP contribution in [-0.4, -0.2) is 39.0 Å². The third-order valence-corrected chi connectivity index (χ3v) is 6.59. The molecule has 0 N–H and O–H groups in total. The van der Waals surface area contributed by atoms with Gasteiger partial charge < -0.3 is 4.74 Å². The highest BCUT2D eigenvalue weighted by Gasteiger charge is 2.22. The summed E-state index contributed by atoms with van der Waals surface area (Å²) >= 11 is 2.88. The molecule has 146 valence electrons. The number of aryl methyl sites for hydroxylation is 1. The van der Waals surface area contributed by atoms with Gasteiger partial charge in [0, 0.05) is 17.0 Å². The summed E-state index contributed by atoms with van der Waals surface area (Å²) in [5.41, 5.74) is 0.791. The molecule has 0 unspecified atom stereocenters. The summed E-state index contributed by atoms with van der Waals surface area (Å²) in [4.78, 5) is 14.3. The topological polar surface area (TPSA) is 57.0 Å². The largest absolute Gasteiger partial charge is 0.376 e. The van der Waals surface area contributed by atoms with Crippen molar-refractivity contribution >= 4 is 28.9 Å². The Morgan fingerprint density at radius 3 is 2.79 bits per heavy atom. The maximum absolute atomic E-state index is 13.3. The molecule has 5 nitrogen and oxygen atoms in total. The third kappa shape index (κ3) is 4.34. The Morgan fingerprint density at radius 2 is 2.11 bits per heavy atom. The van der Waals surface area contributed by atoms with E-state index in [1.54, 1.807) is 12.1 Å². The number of Topliss-reactive ketones (excluding diaryl/α,β-unsaturated/α-hetero) is 1. The summed E-state index contributed by atoms with van der Waals surface area (Å²) in [6.45, 7) is 3.37. The van der Waals surface area contributed by atoms with E-state index in [-0.39, 0.29) is 17.7 Å². The quantitative estimate of drug-likeness (QED) is 0.415. The summed E-state index contributed by atoms with van der Waals surface area (Å²) in [5.74, 6) is 0.753. The number of ketones is 1. The first-order valence-electron chi connectivity index (χ1n) is 9.13. The number of thiophene rings is 1. The van der Waals surface area contributed by atoms with Crippen LogP contribution in [0.25, 0.3) is 11.4 Å². The predicted octanol–water partition coefficient (Wildman–Crippen LogP) is 4.61. The number of nitrogens with zero attached hydrogens (tertiary/aromatic N) is 3. The van der Waals surface area contributed by atoms with E-state index in [2.05, 4.69) is 10.2 Å². The molecule has 1 atom stereocenters. The van der Waals surface area contributed by atoms with Gasteiger partial charge in [-0.1, -0.05) is 11.8 Å². The number of carbonyl (C=O) groups is 1. The van der Waals surface area contributed by atoms with Crippen LogP contribution in [-0.2, 0) is 11.3 Å². The molecule has 0 amide bonds. The molecule has 1 fully saturated rings. The van der Waals surface area contributed by atoms with Crippen LogP contribution in [0.1, 0.15) is 27.4 Å². The fourth-order valence-electron chi connectivity index (χ4n) is 3.15. The molecular weight excluding hydrogens is 397 g/mol. The second-order valence-corrected chi connectivity index (χ2v) is 8.91. The van der Waals surface area contributed by atoms with Crippen molar-refractivity contribution in [2.75, 3.05) is 12.4 Å². The summed E-state index contributed by atoms with van der Waals surface area (Å²) in [7, 11) is 0. The van der Waals surface area contributed by atoms with Crippen LogP contribution in [0.15, 0.2) is 41.6 Å². The number of hydrogen-bond donors (Lipinski definition) is 0. The van der Waals surface area contributed by atoms with Crippen LogP contribution in [0.4, 0.5) is 4.39 Å². The smallest absolute Gasteiger partial charge is 0.192 e. The van der Waals surface area contributed by atoms with Crippen molar-refractivity contribution < 1.29 is 13.9 Å². The first kappa shape index (κ1) is 19.3. The Labute approximate surface area is 170 Å². The Hall–Kier alpha value is -2.03. The highest BCUT2D eigenvalue weighted by Crippen LogP contribution is 2.28. The molecule has 3 aromatic rings. The number of halogens is 1. The number of ether oxygens (including phenoxy) is 1. The van der Waals surface area contributed by atoms with Crippen molar-refractivity contribution in [2.24, 2.45) is 0 Å². The first-order chi connectivity index (χ1) is 13.6. The zero-order valence-electron chi connectivity index (χ0n) is 15.4. The van der Waals surface area contributed by atoms with Crippen LogP contribution >= 0.6 is 23.1 Å². The number of carbonyl (C=O) groups excluding carboxylic acids is 1. The molecule has 0 spiro atoms. The Bertz CT molecular complexity index is 962. The molecule has 3 heterocycles. The van der Waals surface area contributed by atoms with Gasteiger partial charge in [-0.3, -0.25) is 9.36 Å². The molecule has 1 aliphatic rings. The molecule has 0 aliphatic carbocycles. The summed E-state index contributed by atoms with van der Waals surface area (Å²) in [6.07, 6.45) is 2.13. The van der Waals surface area contributed by atoms with Gasteiger partial charge in [-0.2, -0.15) is 0 Å². The fraction of sp³-hybridized carbons (Fsp3) is 0.350. The van der Waals surface area contributed by atoms with Crippen LogP contribution in [0.3, 0.4) is 0 Å². The van der Waals surface area contributed by atoms with Gasteiger partial charge in [0.25, 0.3) is 0 Å². The monoisotopic (exact) mass is 417 g/mol. The molecular formula is C20H20FN3O2S2. The molecule has 8 heteroatoms. The van der Waals surface area contributed by atoms with Crippen molar-refractivity contribution in [1.82, 2.24) is 14.8 Å². The van der Waals surface area contributed by atoms with Crippen molar-refractivity contribution in [3.63, 3.8) is 0 Å². The van der Waals surface area contributed by atoms with Crippen LogP contribution < -0.4 is 0 Å². The van der Waals surface area contributed by atoms with Gasteiger partial charge in [-0.05, 0) is 56.2 Å². The maximum atomic E-state index is 13.3. The second-order valence-electron chi connectivity index (χ2n) is 6.68. The highest BCUT2D eigenvalue weighted by molar-refractivity contribution is 7.99. The maximum Gasteiger partial charge on any atom is 0.192 e. The van der Waals surface area contributed by atoms with Gasteiger partial charge in [0.1, 0.15) is 5.82 Å². The molecule has 1 saturated heterocycles. The number of benzene rings is 1. The van der Waals surface area contributed by atoms with Crippen LogP contribution in [0.5, 0.6) is 0 Å². The van der Waals surface area contributed by atoms with Gasteiger partial charge in [-0.25, -0.2) is 4.39 Å². The lowest BCUT2D eigenvalue weighted by molar-refractivity contribution is 0.0953. The zero-order chi connectivity index (χ0) is 19.5. The zero-order valence-corrected chi connectivity index (χ0v) is 17.1. The lowest BCUT2D eigenvalue weighted by Crippen LogP contribution is -2.17. The minimum Gasteiger partial charge on any atom is -0.376 e. The molecule has 2 aromatic heterocycles. The summed E-state index contributed by atoms with van der Waals surface area (Å²) < 4.78 is 21.1. The van der Waals surface area contributed by atoms with Crippen molar-refractivity contribution in [3.05, 3.63) is 52.0 Å². The lowest BCUT2D eigenvalue weighted by atomic mass is 10.2. The molecule has 1 aliphatic heterocycles. The molecule has 4 rings (SSSR count). The fourth-order valence-corrected chi connectivity index (χ4v) is 4.88. The number of hydrogen-bond acceptors (Lipinski definition) is 6. The van der Waals surface area contributed by atoms with E-state index in [9.17, 15) is 9.18 Å². The molecule has 0 bridgehead atoms. The minimum absolute atomic E-state index is 0.0816. The van der Waals surface area contributed by atoms with Crippen LogP contribution in [0, 0.1) is 12.7 Å². The lowest BCUT2D eigenvalue weighted by Gasteiger charge is -2.14. The second kappa shape index (κ2) is 8.55. The number of rotatable bonds is 7. The van der Waals surface area contributed by atoms with E-state index in [1.165, 1.54) is 35.2 Å². The van der Waals surface area contributed by atoms with E-state index in [0.717, 1.165) is 34.8 Å². The Morgan fingerprint density at radius 1 is 1.29 bits per heavy atom. The third-order valence-electron chi connectivity index (χ3n) is 4.58. The standard InChI is InChI=1S/C20H20FN3O2S2/c1-13-4-9-18(28-13)17(25)12-27-20-23-22-19(14-5-7-15(21)8-6-14)24(20)11-16-3-2-10-26-16/h4-9,16H,2-3,10-12H2,1H3/t16-/m1/s1. The predicted molar refractivity (Wildman–Crippen MR) is 109 cm³/mol. The summed E-state index contributed by atoms with van der Waals surface area (Å²) in [5, 5.41) is 9.30. The molecule has 28 heavy (non-hydrogen) atoms. The van der Waals surface area contributed by atoms with E-state index in [1.807, 2.05) is 23.6 Å². The van der Waals surface area contributed by atoms with Gasteiger partial charge in [-0.15, -0.1) is 21.5 Å². The van der Waals surface area contributed by atoms with E-state index >= 15 is 0 Å². The van der Waals surface area contributed by atoms with Crippen LogP contribution in [0.2, 0.25) is 0 Å². The molecule has 1 aromatic carbocycles. The number of thioether (sulfide) groups is 1. The molecule has 0 radical (unpaired) electrons. The van der Waals surface area contributed by atoms with Gasteiger partial charge in [0.15, 0.2) is 16.8 Å². The average Bonchev–Trinajstić information content (AvgIpc) is 3.43. The van der Waals surface area contributed by atoms with Crippen molar-refractivity contribution in [1.29, 1.82) is 0 Å². The Balaban J connectivity index is 1.56. The average molecular weight is 418 g/mol. The Kier molecular flexibility index (Phi) is 5.89. The highest BCUT2D eigenvalue weighted by atomic mass is 32.2. The van der Waals surface area contributed by atoms with Gasteiger partial charge >= 0.3 is 0 Å². The van der Waals surface area contributed by atoms with E-state index in [0.29, 0.717) is 23.3 Å². The van der Waals surface area contributed by atoms with Gasteiger partial charge in [0.05, 0.1) is 23.3 Å².